The number of phenols is 1. The Morgan fingerprint density at radius 1 is 1.22 bits per heavy atom. The molecule has 18 heavy (non-hydrogen) atoms. The molecule has 6 heteroatoms. The third-order valence-electron chi connectivity index (χ3n) is 2.72. The minimum atomic E-state index is 0.247. The second-order valence-electron chi connectivity index (χ2n) is 3.95. The number of anilines is 1. The molecule has 0 radical (unpaired) electrons. The molecule has 0 aliphatic heterocycles. The predicted octanol–water partition coefficient (Wildman–Crippen LogP) is 1.23. The molecule has 1 aromatic carbocycles. The summed E-state index contributed by atoms with van der Waals surface area (Å²) in [7, 11) is 0. The predicted molar refractivity (Wildman–Crippen MR) is 67.0 cm³/mol. The summed E-state index contributed by atoms with van der Waals surface area (Å²) in [6, 6.07) is 7.14. The Morgan fingerprint density at radius 3 is 2.83 bits per heavy atom. The van der Waals surface area contributed by atoms with Crippen molar-refractivity contribution in [3.8, 4) is 5.75 Å². The number of aromatic hydroxyl groups is 1. The van der Waals surface area contributed by atoms with Gasteiger partial charge in [-0.05, 0) is 6.07 Å². The van der Waals surface area contributed by atoms with Crippen molar-refractivity contribution in [2.24, 2.45) is 0 Å². The largest absolute Gasteiger partial charge is 0.508 e. The zero-order chi connectivity index (χ0) is 12.5. The van der Waals surface area contributed by atoms with Gasteiger partial charge in [-0.25, -0.2) is 15.0 Å². The van der Waals surface area contributed by atoms with Gasteiger partial charge >= 0.3 is 0 Å². The number of benzene rings is 1. The summed E-state index contributed by atoms with van der Waals surface area (Å²) in [5.41, 5.74) is 7.68. The molecule has 0 spiro atoms. The van der Waals surface area contributed by atoms with Gasteiger partial charge in [0.25, 0.3) is 0 Å². The van der Waals surface area contributed by atoms with Crippen LogP contribution in [-0.2, 0) is 6.42 Å². The van der Waals surface area contributed by atoms with E-state index in [1.54, 1.807) is 12.1 Å². The van der Waals surface area contributed by atoms with Crippen LogP contribution in [0.15, 0.2) is 30.6 Å². The standard InChI is InChI=1S/C12H11N5O/c13-11-10-12(15-6-14-11)17-9(16-10)5-7-3-1-2-4-8(7)18/h1-4,6,18H,5H2,(H3,13,14,15,16,17). The summed E-state index contributed by atoms with van der Waals surface area (Å²) in [6.45, 7) is 0. The van der Waals surface area contributed by atoms with Crippen LogP contribution in [0.1, 0.15) is 11.4 Å². The number of nitrogens with one attached hydrogen (secondary N) is 1. The Labute approximate surface area is 103 Å². The van der Waals surface area contributed by atoms with E-state index >= 15 is 0 Å². The zero-order valence-electron chi connectivity index (χ0n) is 9.46. The smallest absolute Gasteiger partial charge is 0.183 e. The van der Waals surface area contributed by atoms with Crippen molar-refractivity contribution in [3.63, 3.8) is 0 Å². The number of hydrogen-bond donors (Lipinski definition) is 3. The number of phenolic OH excluding ortho intramolecular Hbond substituents is 1. The lowest BCUT2D eigenvalue weighted by Gasteiger charge is -2.00. The highest BCUT2D eigenvalue weighted by Crippen LogP contribution is 2.20. The molecular formula is C12H11N5O. The van der Waals surface area contributed by atoms with Crippen molar-refractivity contribution >= 4 is 17.0 Å². The van der Waals surface area contributed by atoms with Crippen molar-refractivity contribution in [1.82, 2.24) is 19.9 Å². The average Bonchev–Trinajstić information content (AvgIpc) is 2.76. The number of imidazole rings is 1. The van der Waals surface area contributed by atoms with Crippen molar-refractivity contribution in [3.05, 3.63) is 42.0 Å². The lowest BCUT2D eigenvalue weighted by molar-refractivity contribution is 0.469. The maximum absolute atomic E-state index is 9.71. The lowest BCUT2D eigenvalue weighted by atomic mass is 10.1. The van der Waals surface area contributed by atoms with Crippen LogP contribution in [-0.4, -0.2) is 25.0 Å². The van der Waals surface area contributed by atoms with E-state index in [1.165, 1.54) is 6.33 Å². The molecular weight excluding hydrogens is 230 g/mol. The summed E-state index contributed by atoms with van der Waals surface area (Å²) in [4.78, 5) is 15.3. The van der Waals surface area contributed by atoms with Crippen LogP contribution in [0.5, 0.6) is 5.75 Å². The van der Waals surface area contributed by atoms with Crippen LogP contribution in [0.2, 0.25) is 0 Å². The number of hydrogen-bond acceptors (Lipinski definition) is 5. The SMILES string of the molecule is Nc1ncnc2nc(Cc3ccccc3O)[nH]c12. The van der Waals surface area contributed by atoms with Gasteiger partial charge in [-0.15, -0.1) is 0 Å². The molecule has 0 amide bonds. The van der Waals surface area contributed by atoms with Gasteiger partial charge in [-0.1, -0.05) is 18.2 Å². The lowest BCUT2D eigenvalue weighted by Crippen LogP contribution is -1.92. The molecule has 3 rings (SSSR count). The first-order valence-electron chi connectivity index (χ1n) is 5.46. The monoisotopic (exact) mass is 241 g/mol. The fourth-order valence-electron chi connectivity index (χ4n) is 1.82. The third kappa shape index (κ3) is 1.73. The number of nitrogen functional groups attached to an aromatic ring is 1. The quantitative estimate of drug-likeness (QED) is 0.626. The van der Waals surface area contributed by atoms with E-state index in [4.69, 9.17) is 5.73 Å². The van der Waals surface area contributed by atoms with Crippen LogP contribution in [0.25, 0.3) is 11.2 Å². The number of rotatable bonds is 2. The first kappa shape index (κ1) is 10.5. The highest BCUT2D eigenvalue weighted by Gasteiger charge is 2.09. The maximum Gasteiger partial charge on any atom is 0.183 e. The molecule has 3 aromatic rings. The first-order chi connectivity index (χ1) is 8.74. The number of nitrogens with zero attached hydrogens (tertiary/aromatic N) is 3. The Morgan fingerprint density at radius 2 is 2.06 bits per heavy atom. The summed E-state index contributed by atoms with van der Waals surface area (Å²) >= 11 is 0. The Kier molecular flexibility index (Phi) is 2.33. The normalized spacial score (nSPS) is 10.9. The second-order valence-corrected chi connectivity index (χ2v) is 3.95. The van der Waals surface area contributed by atoms with Gasteiger partial charge in [-0.3, -0.25) is 0 Å². The fraction of sp³-hybridized carbons (Fsp3) is 0.0833. The highest BCUT2D eigenvalue weighted by molar-refractivity contribution is 5.81. The van der Waals surface area contributed by atoms with Crippen LogP contribution in [0.4, 0.5) is 5.82 Å². The van der Waals surface area contributed by atoms with Gasteiger partial charge in [0, 0.05) is 12.0 Å². The Balaban J connectivity index is 2.01. The first-order valence-corrected chi connectivity index (χ1v) is 5.46. The van der Waals surface area contributed by atoms with Gasteiger partial charge in [0.1, 0.15) is 23.4 Å². The maximum atomic E-state index is 9.71. The van der Waals surface area contributed by atoms with Crippen molar-refractivity contribution in [2.75, 3.05) is 5.73 Å². The molecule has 0 saturated carbocycles. The molecule has 2 heterocycles. The van der Waals surface area contributed by atoms with Gasteiger partial charge in [0.15, 0.2) is 11.5 Å². The summed E-state index contributed by atoms with van der Waals surface area (Å²) in [5.74, 6) is 1.31. The highest BCUT2D eigenvalue weighted by atomic mass is 16.3. The third-order valence-corrected chi connectivity index (χ3v) is 2.72. The second kappa shape index (κ2) is 3.99. The van der Waals surface area contributed by atoms with E-state index in [1.807, 2.05) is 12.1 Å². The summed E-state index contributed by atoms with van der Waals surface area (Å²) < 4.78 is 0. The minimum Gasteiger partial charge on any atom is -0.508 e. The van der Waals surface area contributed by atoms with Gasteiger partial charge in [0.05, 0.1) is 0 Å². The number of H-pyrrole nitrogens is 1. The average molecular weight is 241 g/mol. The number of fused-ring (bicyclic) bond motifs is 1. The molecule has 90 valence electrons. The Bertz CT molecular complexity index is 707. The number of aromatic nitrogens is 4. The van der Waals surface area contributed by atoms with E-state index in [9.17, 15) is 5.11 Å². The minimum absolute atomic E-state index is 0.247. The van der Waals surface area contributed by atoms with Crippen molar-refractivity contribution < 1.29 is 5.11 Å². The molecule has 0 unspecified atom stereocenters. The number of nitrogens with two attached hydrogens (primary N) is 1. The summed E-state index contributed by atoms with van der Waals surface area (Å²) in [6.07, 6.45) is 1.87. The Hall–Kier alpha value is -2.63. The topological polar surface area (TPSA) is 101 Å². The zero-order valence-corrected chi connectivity index (χ0v) is 9.46. The van der Waals surface area contributed by atoms with E-state index in [0.717, 1.165) is 5.56 Å². The van der Waals surface area contributed by atoms with E-state index in [2.05, 4.69) is 19.9 Å². The van der Waals surface area contributed by atoms with E-state index in [0.29, 0.717) is 29.2 Å². The molecule has 0 atom stereocenters. The number of aromatic amines is 1. The van der Waals surface area contributed by atoms with Crippen LogP contribution >= 0.6 is 0 Å². The van der Waals surface area contributed by atoms with Crippen molar-refractivity contribution in [2.45, 2.75) is 6.42 Å². The van der Waals surface area contributed by atoms with Crippen LogP contribution in [0.3, 0.4) is 0 Å². The molecule has 0 aliphatic carbocycles. The molecule has 4 N–H and O–H groups in total. The van der Waals surface area contributed by atoms with Crippen LogP contribution in [0, 0.1) is 0 Å². The fourth-order valence-corrected chi connectivity index (χ4v) is 1.82. The van der Waals surface area contributed by atoms with Crippen molar-refractivity contribution in [1.29, 1.82) is 0 Å². The van der Waals surface area contributed by atoms with Gasteiger partial charge < -0.3 is 15.8 Å². The number of para-hydroxylation sites is 1. The van der Waals surface area contributed by atoms with Crippen LogP contribution < -0.4 is 5.73 Å². The molecule has 2 aromatic heterocycles. The summed E-state index contributed by atoms with van der Waals surface area (Å²) in [5, 5.41) is 9.71. The molecule has 0 bridgehead atoms. The van der Waals surface area contributed by atoms with Gasteiger partial charge in [-0.2, -0.15) is 0 Å². The van der Waals surface area contributed by atoms with Gasteiger partial charge in [0.2, 0.25) is 0 Å². The molecule has 6 nitrogen and oxygen atoms in total. The van der Waals surface area contributed by atoms with E-state index in [-0.39, 0.29) is 5.75 Å². The molecule has 0 fully saturated rings. The molecule has 0 saturated heterocycles. The molecule has 0 aliphatic rings. The van der Waals surface area contributed by atoms with E-state index < -0.39 is 0 Å².